The van der Waals surface area contributed by atoms with Crippen LogP contribution in [0, 0.1) is 0 Å². The molecule has 2 aromatic rings. The summed E-state index contributed by atoms with van der Waals surface area (Å²) in [6.07, 6.45) is 0. The summed E-state index contributed by atoms with van der Waals surface area (Å²) in [4.78, 5) is 0. The van der Waals surface area contributed by atoms with Gasteiger partial charge in [0.05, 0.1) is 5.69 Å². The van der Waals surface area contributed by atoms with Crippen LogP contribution in [0.1, 0.15) is 5.69 Å². The van der Waals surface area contributed by atoms with Gasteiger partial charge in [0.25, 0.3) is 0 Å². The van der Waals surface area contributed by atoms with Gasteiger partial charge < -0.3 is 5.73 Å². The first-order valence-electron chi connectivity index (χ1n) is 4.40. The average molecular weight is 287 g/mol. The number of aromatic nitrogens is 2. The van der Waals surface area contributed by atoms with Gasteiger partial charge in [0, 0.05) is 27.3 Å². The summed E-state index contributed by atoms with van der Waals surface area (Å²) in [6, 6.07) is 7.52. The molecule has 0 fully saturated rings. The first-order chi connectivity index (χ1) is 7.20. The number of nitrogens with two attached hydrogens (primary N) is 1. The zero-order valence-electron chi connectivity index (χ0n) is 7.80. The number of halogens is 2. The summed E-state index contributed by atoms with van der Waals surface area (Å²) in [5.74, 6) is 0. The fourth-order valence-electron chi connectivity index (χ4n) is 1.30. The minimum Gasteiger partial charge on any atom is -0.325 e. The smallest absolute Gasteiger partial charge is 0.0935 e. The van der Waals surface area contributed by atoms with Gasteiger partial charge >= 0.3 is 0 Å². The summed E-state index contributed by atoms with van der Waals surface area (Å²) < 4.78 is 0.921. The number of H-pyrrole nitrogens is 1. The SMILES string of the molecule is NCc1cc(-c2ccc(Cl)cc2Br)n[nH]1. The summed E-state index contributed by atoms with van der Waals surface area (Å²) in [6.45, 7) is 0.457. The molecule has 0 saturated carbocycles. The van der Waals surface area contributed by atoms with Gasteiger partial charge in [0.2, 0.25) is 0 Å². The summed E-state index contributed by atoms with van der Waals surface area (Å²) in [5.41, 5.74) is 8.26. The molecule has 1 aromatic heterocycles. The maximum Gasteiger partial charge on any atom is 0.0935 e. The van der Waals surface area contributed by atoms with E-state index < -0.39 is 0 Å². The summed E-state index contributed by atoms with van der Waals surface area (Å²) >= 11 is 9.30. The Bertz CT molecular complexity index is 481. The molecule has 0 spiro atoms. The molecule has 0 amide bonds. The van der Waals surface area contributed by atoms with Gasteiger partial charge in [-0.15, -0.1) is 0 Å². The molecule has 1 heterocycles. The molecule has 0 aliphatic heterocycles. The summed E-state index contributed by atoms with van der Waals surface area (Å²) in [5, 5.41) is 7.73. The second-order valence-electron chi connectivity index (χ2n) is 3.11. The Morgan fingerprint density at radius 1 is 1.40 bits per heavy atom. The van der Waals surface area contributed by atoms with Crippen LogP contribution < -0.4 is 5.73 Å². The van der Waals surface area contributed by atoms with Crippen LogP contribution in [0.25, 0.3) is 11.3 Å². The minimum absolute atomic E-state index is 0.457. The molecule has 0 bridgehead atoms. The normalized spacial score (nSPS) is 10.6. The molecule has 15 heavy (non-hydrogen) atoms. The van der Waals surface area contributed by atoms with Crippen molar-refractivity contribution < 1.29 is 0 Å². The Morgan fingerprint density at radius 2 is 2.20 bits per heavy atom. The number of hydrogen-bond donors (Lipinski definition) is 2. The van der Waals surface area contributed by atoms with E-state index in [4.69, 9.17) is 17.3 Å². The zero-order valence-corrected chi connectivity index (χ0v) is 10.1. The topological polar surface area (TPSA) is 54.7 Å². The van der Waals surface area contributed by atoms with Crippen LogP contribution in [0.3, 0.4) is 0 Å². The Kier molecular flexibility index (Phi) is 3.09. The molecule has 3 N–H and O–H groups in total. The highest BCUT2D eigenvalue weighted by molar-refractivity contribution is 9.10. The molecule has 1 aromatic carbocycles. The molecule has 0 aliphatic rings. The van der Waals surface area contributed by atoms with Gasteiger partial charge in [-0.2, -0.15) is 5.10 Å². The molecule has 0 atom stereocenters. The third-order valence-corrected chi connectivity index (χ3v) is 2.95. The second kappa shape index (κ2) is 4.35. The Morgan fingerprint density at radius 3 is 2.80 bits per heavy atom. The van der Waals surface area contributed by atoms with E-state index in [1.165, 1.54) is 0 Å². The van der Waals surface area contributed by atoms with E-state index in [0.717, 1.165) is 21.4 Å². The molecule has 2 rings (SSSR count). The quantitative estimate of drug-likeness (QED) is 0.892. The Hall–Kier alpha value is -0.840. The first-order valence-corrected chi connectivity index (χ1v) is 5.57. The third kappa shape index (κ3) is 2.22. The average Bonchev–Trinajstić information content (AvgIpc) is 2.66. The molecule has 5 heteroatoms. The van der Waals surface area contributed by atoms with Crippen molar-refractivity contribution >= 4 is 27.5 Å². The monoisotopic (exact) mass is 285 g/mol. The van der Waals surface area contributed by atoms with Gasteiger partial charge in [-0.3, -0.25) is 5.10 Å². The van der Waals surface area contributed by atoms with Gasteiger partial charge in [0.15, 0.2) is 0 Å². The van der Waals surface area contributed by atoms with Crippen LogP contribution in [0.5, 0.6) is 0 Å². The summed E-state index contributed by atoms with van der Waals surface area (Å²) in [7, 11) is 0. The van der Waals surface area contributed by atoms with Crippen molar-refractivity contribution in [3.8, 4) is 11.3 Å². The van der Waals surface area contributed by atoms with Gasteiger partial charge in [-0.05, 0) is 18.2 Å². The van der Waals surface area contributed by atoms with Crippen molar-refractivity contribution in [3.05, 3.63) is 39.5 Å². The van der Waals surface area contributed by atoms with Crippen LogP contribution in [0.15, 0.2) is 28.7 Å². The maximum absolute atomic E-state index is 5.86. The molecule has 3 nitrogen and oxygen atoms in total. The largest absolute Gasteiger partial charge is 0.325 e. The van der Waals surface area contributed by atoms with Gasteiger partial charge in [0.1, 0.15) is 0 Å². The lowest BCUT2D eigenvalue weighted by Gasteiger charge is -2.00. The van der Waals surface area contributed by atoms with Gasteiger partial charge in [-0.25, -0.2) is 0 Å². The Balaban J connectivity index is 2.44. The Labute approximate surface area is 101 Å². The van der Waals surface area contributed by atoms with Crippen molar-refractivity contribution in [1.82, 2.24) is 10.2 Å². The lowest BCUT2D eigenvalue weighted by atomic mass is 10.1. The van der Waals surface area contributed by atoms with Crippen molar-refractivity contribution in [3.63, 3.8) is 0 Å². The minimum atomic E-state index is 0.457. The second-order valence-corrected chi connectivity index (χ2v) is 4.40. The fourth-order valence-corrected chi connectivity index (χ4v) is 2.19. The van der Waals surface area contributed by atoms with E-state index in [9.17, 15) is 0 Å². The van der Waals surface area contributed by atoms with E-state index in [-0.39, 0.29) is 0 Å². The van der Waals surface area contributed by atoms with E-state index in [1.807, 2.05) is 24.3 Å². The van der Waals surface area contributed by atoms with Crippen molar-refractivity contribution in [2.24, 2.45) is 5.73 Å². The van der Waals surface area contributed by atoms with Crippen LogP contribution in [-0.2, 0) is 6.54 Å². The first kappa shape index (κ1) is 10.7. The van der Waals surface area contributed by atoms with Crippen LogP contribution in [0.4, 0.5) is 0 Å². The predicted octanol–water partition coefficient (Wildman–Crippen LogP) is 2.95. The molecular formula is C10H9BrClN3. The molecule has 0 aliphatic carbocycles. The van der Waals surface area contributed by atoms with Crippen molar-refractivity contribution in [2.75, 3.05) is 0 Å². The number of nitrogens with zero attached hydrogens (tertiary/aromatic N) is 1. The van der Waals surface area contributed by atoms with E-state index in [0.29, 0.717) is 11.6 Å². The molecule has 0 saturated heterocycles. The zero-order chi connectivity index (χ0) is 10.8. The molecule has 78 valence electrons. The number of benzene rings is 1. The van der Waals surface area contributed by atoms with E-state index >= 15 is 0 Å². The number of aromatic amines is 1. The van der Waals surface area contributed by atoms with Gasteiger partial charge in [-0.1, -0.05) is 33.6 Å². The number of hydrogen-bond acceptors (Lipinski definition) is 2. The molecule has 0 radical (unpaired) electrons. The highest BCUT2D eigenvalue weighted by atomic mass is 79.9. The number of rotatable bonds is 2. The molecular weight excluding hydrogens is 277 g/mol. The highest BCUT2D eigenvalue weighted by Crippen LogP contribution is 2.29. The lowest BCUT2D eigenvalue weighted by molar-refractivity contribution is 0.948. The molecule has 0 unspecified atom stereocenters. The van der Waals surface area contributed by atoms with Crippen LogP contribution in [0.2, 0.25) is 5.02 Å². The third-order valence-electron chi connectivity index (χ3n) is 2.06. The predicted molar refractivity (Wildman–Crippen MR) is 64.6 cm³/mol. The highest BCUT2D eigenvalue weighted by Gasteiger charge is 2.07. The van der Waals surface area contributed by atoms with E-state index in [1.54, 1.807) is 0 Å². The number of nitrogens with one attached hydrogen (secondary N) is 1. The fraction of sp³-hybridized carbons (Fsp3) is 0.100. The lowest BCUT2D eigenvalue weighted by Crippen LogP contribution is -1.95. The van der Waals surface area contributed by atoms with Crippen molar-refractivity contribution in [1.29, 1.82) is 0 Å². The van der Waals surface area contributed by atoms with Crippen LogP contribution >= 0.6 is 27.5 Å². The van der Waals surface area contributed by atoms with Crippen molar-refractivity contribution in [2.45, 2.75) is 6.54 Å². The standard InChI is InChI=1S/C10H9BrClN3/c11-9-3-6(12)1-2-8(9)10-4-7(5-13)14-15-10/h1-4H,5,13H2,(H,14,15). The maximum atomic E-state index is 5.86. The van der Waals surface area contributed by atoms with Crippen LogP contribution in [-0.4, -0.2) is 10.2 Å². The van der Waals surface area contributed by atoms with E-state index in [2.05, 4.69) is 26.1 Å².